The van der Waals surface area contributed by atoms with E-state index in [1.807, 2.05) is 0 Å². The van der Waals surface area contributed by atoms with Gasteiger partial charge in [0.2, 0.25) is 0 Å². The topological polar surface area (TPSA) is 102 Å². The predicted molar refractivity (Wildman–Crippen MR) is 69.6 cm³/mol. The number of carboxylic acid groups (broad SMARTS) is 1. The van der Waals surface area contributed by atoms with Crippen molar-refractivity contribution in [1.82, 2.24) is 0 Å². The van der Waals surface area contributed by atoms with E-state index in [1.54, 1.807) is 13.0 Å². The summed E-state index contributed by atoms with van der Waals surface area (Å²) in [5, 5.41) is 22.6. The van der Waals surface area contributed by atoms with E-state index >= 15 is 0 Å². The van der Waals surface area contributed by atoms with Gasteiger partial charge in [-0.3, -0.25) is 14.9 Å². The van der Waals surface area contributed by atoms with Crippen LogP contribution in [0, 0.1) is 16.0 Å². The van der Waals surface area contributed by atoms with Crippen molar-refractivity contribution in [1.29, 1.82) is 0 Å². The minimum Gasteiger partial charge on any atom is -0.496 e. The average Bonchev–Trinajstić information content (AvgIpc) is 2.38. The first-order chi connectivity index (χ1) is 8.97. The maximum absolute atomic E-state index is 10.9. The van der Waals surface area contributed by atoms with Crippen molar-refractivity contribution < 1.29 is 19.6 Å². The van der Waals surface area contributed by atoms with Crippen molar-refractivity contribution in [3.8, 4) is 5.75 Å². The van der Waals surface area contributed by atoms with Crippen LogP contribution in [0.2, 0.25) is 0 Å². The molecule has 0 aromatic heterocycles. The van der Waals surface area contributed by atoms with E-state index in [2.05, 4.69) is 5.32 Å². The van der Waals surface area contributed by atoms with Gasteiger partial charge in [0, 0.05) is 24.4 Å². The molecule has 0 aliphatic carbocycles. The van der Waals surface area contributed by atoms with Crippen LogP contribution in [-0.2, 0) is 4.79 Å². The van der Waals surface area contributed by atoms with Gasteiger partial charge in [0.05, 0.1) is 24.0 Å². The lowest BCUT2D eigenvalue weighted by atomic mass is 10.1. The number of nitro benzene ring substituents is 1. The van der Waals surface area contributed by atoms with Crippen molar-refractivity contribution >= 4 is 17.3 Å². The second-order valence-electron chi connectivity index (χ2n) is 4.00. The Morgan fingerprint density at radius 1 is 1.53 bits per heavy atom. The molecule has 7 heteroatoms. The largest absolute Gasteiger partial charge is 0.496 e. The maximum atomic E-state index is 10.9. The lowest BCUT2D eigenvalue weighted by molar-refractivity contribution is -0.384. The number of nitro groups is 1. The summed E-state index contributed by atoms with van der Waals surface area (Å²) in [6.07, 6.45) is 0.481. The summed E-state index contributed by atoms with van der Waals surface area (Å²) < 4.78 is 4.97. The van der Waals surface area contributed by atoms with Crippen molar-refractivity contribution in [2.45, 2.75) is 13.3 Å². The van der Waals surface area contributed by atoms with E-state index in [-0.39, 0.29) is 12.2 Å². The van der Waals surface area contributed by atoms with Gasteiger partial charge in [0.15, 0.2) is 0 Å². The fraction of sp³-hybridized carbons (Fsp3) is 0.417. The highest BCUT2D eigenvalue weighted by Gasteiger charge is 2.16. The van der Waals surface area contributed by atoms with Crippen LogP contribution in [-0.4, -0.2) is 29.7 Å². The number of nitrogens with one attached hydrogen (secondary N) is 1. The number of methoxy groups -OCH3 is 1. The van der Waals surface area contributed by atoms with E-state index in [4.69, 9.17) is 9.84 Å². The second kappa shape index (κ2) is 6.58. The molecule has 1 unspecified atom stereocenters. The minimum atomic E-state index is -0.896. The van der Waals surface area contributed by atoms with Gasteiger partial charge in [-0.15, -0.1) is 0 Å². The quantitative estimate of drug-likeness (QED) is 0.580. The molecule has 1 aromatic rings. The fourth-order valence-electron chi connectivity index (χ4n) is 1.56. The zero-order chi connectivity index (χ0) is 14.4. The second-order valence-corrected chi connectivity index (χ2v) is 4.00. The first-order valence-corrected chi connectivity index (χ1v) is 5.78. The van der Waals surface area contributed by atoms with Crippen LogP contribution in [0.15, 0.2) is 18.2 Å². The van der Waals surface area contributed by atoms with E-state index in [9.17, 15) is 14.9 Å². The van der Waals surface area contributed by atoms with Crippen molar-refractivity contribution in [3.63, 3.8) is 0 Å². The molecule has 0 amide bonds. The molecule has 0 radical (unpaired) electrons. The van der Waals surface area contributed by atoms with E-state index < -0.39 is 16.8 Å². The summed E-state index contributed by atoms with van der Waals surface area (Å²) >= 11 is 0. The molecule has 0 heterocycles. The first kappa shape index (κ1) is 14.7. The number of rotatable bonds is 7. The van der Waals surface area contributed by atoms with Gasteiger partial charge in [0.1, 0.15) is 5.75 Å². The normalized spacial score (nSPS) is 11.7. The Kier molecular flexibility index (Phi) is 5.11. The van der Waals surface area contributed by atoms with Crippen molar-refractivity contribution in [2.75, 3.05) is 19.0 Å². The summed E-state index contributed by atoms with van der Waals surface area (Å²) in [6, 6.07) is 4.23. The zero-order valence-electron chi connectivity index (χ0n) is 10.8. The molecule has 19 heavy (non-hydrogen) atoms. The number of hydrogen-bond acceptors (Lipinski definition) is 5. The summed E-state index contributed by atoms with van der Waals surface area (Å²) in [4.78, 5) is 21.1. The third-order valence-corrected chi connectivity index (χ3v) is 2.73. The first-order valence-electron chi connectivity index (χ1n) is 5.78. The molecule has 0 aliphatic heterocycles. The molecule has 1 aromatic carbocycles. The van der Waals surface area contributed by atoms with Gasteiger partial charge in [-0.05, 0) is 6.42 Å². The highest BCUT2D eigenvalue weighted by Crippen LogP contribution is 2.26. The Morgan fingerprint density at radius 3 is 2.68 bits per heavy atom. The smallest absolute Gasteiger partial charge is 0.308 e. The number of carbonyl (C=O) groups is 1. The highest BCUT2D eigenvalue weighted by atomic mass is 16.6. The minimum absolute atomic E-state index is 0.106. The number of carboxylic acids is 1. The number of nitrogens with zero attached hydrogens (tertiary/aromatic N) is 1. The standard InChI is InChI=1S/C12H16N2O5/c1-3-8(12(15)16)7-13-9-4-10(14(17)18)6-11(5-9)19-2/h4-6,8,13H,3,7H2,1-2H3,(H,15,16). The molecular formula is C12H16N2O5. The molecule has 0 aliphatic rings. The van der Waals surface area contributed by atoms with Crippen LogP contribution in [0.1, 0.15) is 13.3 Å². The summed E-state index contributed by atoms with van der Waals surface area (Å²) in [7, 11) is 1.41. The monoisotopic (exact) mass is 268 g/mol. The Labute approximate surface area is 110 Å². The van der Waals surface area contributed by atoms with Crippen LogP contribution in [0.25, 0.3) is 0 Å². The summed E-state index contributed by atoms with van der Waals surface area (Å²) in [5.74, 6) is -1.09. The van der Waals surface area contributed by atoms with Crippen LogP contribution in [0.3, 0.4) is 0 Å². The third-order valence-electron chi connectivity index (χ3n) is 2.73. The number of non-ortho nitro benzene ring substituents is 1. The molecule has 0 saturated carbocycles. The Morgan fingerprint density at radius 2 is 2.21 bits per heavy atom. The van der Waals surface area contributed by atoms with E-state index in [1.165, 1.54) is 19.2 Å². The lowest BCUT2D eigenvalue weighted by Gasteiger charge is -2.12. The molecule has 1 atom stereocenters. The number of hydrogen-bond donors (Lipinski definition) is 2. The maximum Gasteiger partial charge on any atom is 0.308 e. The molecular weight excluding hydrogens is 252 g/mol. The van der Waals surface area contributed by atoms with Gasteiger partial charge < -0.3 is 15.2 Å². The zero-order valence-corrected chi connectivity index (χ0v) is 10.8. The van der Waals surface area contributed by atoms with Gasteiger partial charge >= 0.3 is 5.97 Å². The molecule has 0 saturated heterocycles. The van der Waals surface area contributed by atoms with E-state index in [0.29, 0.717) is 17.9 Å². The van der Waals surface area contributed by atoms with Gasteiger partial charge in [-0.1, -0.05) is 6.92 Å². The Balaban J connectivity index is 2.85. The van der Waals surface area contributed by atoms with Crippen molar-refractivity contribution in [3.05, 3.63) is 28.3 Å². The van der Waals surface area contributed by atoms with Crippen LogP contribution >= 0.6 is 0 Å². The van der Waals surface area contributed by atoms with Gasteiger partial charge in [0.25, 0.3) is 5.69 Å². The fourth-order valence-corrected chi connectivity index (χ4v) is 1.56. The summed E-state index contributed by atoms with van der Waals surface area (Å²) in [5.41, 5.74) is 0.357. The van der Waals surface area contributed by atoms with Crippen LogP contribution < -0.4 is 10.1 Å². The molecule has 2 N–H and O–H groups in total. The Bertz CT molecular complexity index is 475. The molecule has 1 rings (SSSR count). The Hall–Kier alpha value is -2.31. The molecule has 104 valence electrons. The van der Waals surface area contributed by atoms with Gasteiger partial charge in [-0.25, -0.2) is 0 Å². The third kappa shape index (κ3) is 4.13. The SMILES string of the molecule is CCC(CNc1cc(OC)cc([N+](=O)[O-])c1)C(=O)O. The van der Waals surface area contributed by atoms with Crippen LogP contribution in [0.5, 0.6) is 5.75 Å². The predicted octanol–water partition coefficient (Wildman–Crippen LogP) is 2.13. The molecule has 0 fully saturated rings. The number of benzene rings is 1. The number of aliphatic carboxylic acids is 1. The number of ether oxygens (including phenoxy) is 1. The lowest BCUT2D eigenvalue weighted by Crippen LogP contribution is -2.22. The average molecular weight is 268 g/mol. The molecule has 0 spiro atoms. The van der Waals surface area contributed by atoms with Gasteiger partial charge in [-0.2, -0.15) is 0 Å². The van der Waals surface area contributed by atoms with Crippen molar-refractivity contribution in [2.24, 2.45) is 5.92 Å². The van der Waals surface area contributed by atoms with E-state index in [0.717, 1.165) is 0 Å². The van der Waals surface area contributed by atoms with Crippen LogP contribution in [0.4, 0.5) is 11.4 Å². The molecule has 0 bridgehead atoms. The highest BCUT2D eigenvalue weighted by molar-refractivity contribution is 5.71. The number of anilines is 1. The summed E-state index contributed by atoms with van der Waals surface area (Å²) in [6.45, 7) is 1.98. The molecule has 7 nitrogen and oxygen atoms in total.